The van der Waals surface area contributed by atoms with E-state index in [1.54, 1.807) is 12.1 Å². The van der Waals surface area contributed by atoms with Gasteiger partial charge in [-0.05, 0) is 61.7 Å². The summed E-state index contributed by atoms with van der Waals surface area (Å²) in [6, 6.07) is 22.1. The predicted molar refractivity (Wildman–Crippen MR) is 162 cm³/mol. The average molecular weight is 581 g/mol. The molecular formula is C33H32N4O6. The number of aromatic nitrogens is 2. The maximum Gasteiger partial charge on any atom is 0.341 e. The number of phenolic OH excluding ortho intramolecular Hbond substituents is 1. The molecule has 0 saturated heterocycles. The van der Waals surface area contributed by atoms with E-state index >= 15 is 0 Å². The number of amides is 1. The Labute approximate surface area is 247 Å². The van der Waals surface area contributed by atoms with Crippen LogP contribution in [-0.4, -0.2) is 52.6 Å². The van der Waals surface area contributed by atoms with Crippen LogP contribution in [0.5, 0.6) is 5.75 Å². The van der Waals surface area contributed by atoms with Gasteiger partial charge in [0, 0.05) is 21.9 Å². The van der Waals surface area contributed by atoms with Gasteiger partial charge in [0.15, 0.2) is 0 Å². The number of carbonyl (C=O) groups excluding carboxylic acids is 3. The topological polar surface area (TPSA) is 157 Å². The molecule has 43 heavy (non-hydrogen) atoms. The lowest BCUT2D eigenvalue weighted by molar-refractivity contribution is -0.147. The first-order valence-electron chi connectivity index (χ1n) is 13.9. The minimum Gasteiger partial charge on any atom is -0.507 e. The molecule has 3 aromatic carbocycles. The number of para-hydroxylation sites is 1. The second-order valence-electron chi connectivity index (χ2n) is 10.1. The van der Waals surface area contributed by atoms with E-state index in [-0.39, 0.29) is 23.6 Å². The molecule has 1 atom stereocenters. The third kappa shape index (κ3) is 6.49. The first-order valence-corrected chi connectivity index (χ1v) is 13.9. The van der Waals surface area contributed by atoms with Crippen LogP contribution in [0.2, 0.25) is 0 Å². The number of aromatic amines is 1. The Hall–Kier alpha value is -5.22. The number of carbonyl (C=O) groups is 3. The minimum absolute atomic E-state index is 0.0398. The van der Waals surface area contributed by atoms with Crippen molar-refractivity contribution in [2.75, 3.05) is 13.7 Å². The van der Waals surface area contributed by atoms with Gasteiger partial charge in [-0.15, -0.1) is 0 Å². The smallest absolute Gasteiger partial charge is 0.341 e. The molecule has 0 unspecified atom stereocenters. The summed E-state index contributed by atoms with van der Waals surface area (Å²) in [6.07, 6.45) is 1.65. The number of nitrogens with one attached hydrogen (secondary N) is 2. The molecule has 5 aromatic rings. The van der Waals surface area contributed by atoms with Crippen LogP contribution in [0.3, 0.4) is 0 Å². The maximum atomic E-state index is 13.7. The molecule has 0 bridgehead atoms. The van der Waals surface area contributed by atoms with Crippen LogP contribution < -0.4 is 11.1 Å². The van der Waals surface area contributed by atoms with Crippen molar-refractivity contribution in [2.45, 2.75) is 31.9 Å². The fraction of sp³-hybridized carbons (Fsp3) is 0.212. The standard InChI is InChI=1S/C33H32N4O6/c1-42-32(40)24-17-21(14-15-28(24)38)29-30-23(22-11-5-6-12-25(22)35-30)18-27(36-29)31(39)37-26(13-7-8-16-34)33(41)43-19-20-9-3-2-4-10-20/h2-6,9-12,14-15,17-18,26,35,38H,7-8,13,16,19,34H2,1H3,(H,37,39)/t26-/m0/s1. The Morgan fingerprint density at radius 3 is 2.51 bits per heavy atom. The van der Waals surface area contributed by atoms with E-state index in [0.717, 1.165) is 21.9 Å². The molecule has 2 aromatic heterocycles. The molecule has 0 radical (unpaired) electrons. The zero-order chi connectivity index (χ0) is 30.3. The van der Waals surface area contributed by atoms with Gasteiger partial charge < -0.3 is 30.6 Å². The van der Waals surface area contributed by atoms with Crippen LogP contribution in [0, 0.1) is 0 Å². The first kappa shape index (κ1) is 29.3. The molecule has 0 aliphatic rings. The van der Waals surface area contributed by atoms with E-state index in [1.807, 2.05) is 54.6 Å². The zero-order valence-electron chi connectivity index (χ0n) is 23.6. The summed E-state index contributed by atoms with van der Waals surface area (Å²) in [5.41, 5.74) is 8.86. The number of nitrogens with two attached hydrogens (primary N) is 1. The predicted octanol–water partition coefficient (Wildman–Crippen LogP) is 4.85. The molecule has 0 aliphatic carbocycles. The summed E-state index contributed by atoms with van der Waals surface area (Å²) in [7, 11) is 1.22. The fourth-order valence-corrected chi connectivity index (χ4v) is 4.93. The highest BCUT2D eigenvalue weighted by molar-refractivity contribution is 6.13. The van der Waals surface area contributed by atoms with Crippen LogP contribution in [0.4, 0.5) is 0 Å². The second kappa shape index (κ2) is 13.2. The Morgan fingerprint density at radius 2 is 1.74 bits per heavy atom. The normalized spacial score (nSPS) is 11.8. The fourth-order valence-electron chi connectivity index (χ4n) is 4.93. The Morgan fingerprint density at radius 1 is 0.977 bits per heavy atom. The highest BCUT2D eigenvalue weighted by atomic mass is 16.5. The van der Waals surface area contributed by atoms with Gasteiger partial charge in [-0.2, -0.15) is 0 Å². The van der Waals surface area contributed by atoms with Crippen molar-refractivity contribution in [1.82, 2.24) is 15.3 Å². The molecule has 0 aliphatic heterocycles. The molecule has 220 valence electrons. The molecule has 0 saturated carbocycles. The number of esters is 2. The summed E-state index contributed by atoms with van der Waals surface area (Å²) in [5, 5.41) is 14.7. The van der Waals surface area contributed by atoms with Gasteiger partial charge in [-0.25, -0.2) is 14.6 Å². The van der Waals surface area contributed by atoms with Crippen LogP contribution in [0.25, 0.3) is 33.1 Å². The van der Waals surface area contributed by atoms with Crippen molar-refractivity contribution in [2.24, 2.45) is 5.73 Å². The number of H-pyrrole nitrogens is 1. The molecule has 2 heterocycles. The molecule has 0 fully saturated rings. The number of methoxy groups -OCH3 is 1. The third-order valence-corrected chi connectivity index (χ3v) is 7.16. The molecule has 10 nitrogen and oxygen atoms in total. The van der Waals surface area contributed by atoms with E-state index in [0.29, 0.717) is 42.6 Å². The number of aromatic hydroxyl groups is 1. The molecule has 5 N–H and O–H groups in total. The van der Waals surface area contributed by atoms with Gasteiger partial charge in [0.2, 0.25) is 0 Å². The van der Waals surface area contributed by atoms with Crippen LogP contribution in [0.15, 0.2) is 78.9 Å². The van der Waals surface area contributed by atoms with Crippen LogP contribution >= 0.6 is 0 Å². The number of pyridine rings is 1. The zero-order valence-corrected chi connectivity index (χ0v) is 23.6. The molecule has 10 heteroatoms. The molecule has 0 spiro atoms. The summed E-state index contributed by atoms with van der Waals surface area (Å²) in [5.74, 6) is -2.07. The third-order valence-electron chi connectivity index (χ3n) is 7.16. The van der Waals surface area contributed by atoms with E-state index in [1.165, 1.54) is 19.2 Å². The Bertz CT molecular complexity index is 1780. The monoisotopic (exact) mass is 580 g/mol. The van der Waals surface area contributed by atoms with Crippen molar-refractivity contribution in [3.05, 3.63) is 95.7 Å². The first-order chi connectivity index (χ1) is 20.9. The van der Waals surface area contributed by atoms with Gasteiger partial charge in [0.25, 0.3) is 5.91 Å². The lowest BCUT2D eigenvalue weighted by Gasteiger charge is -2.18. The Kier molecular flexibility index (Phi) is 8.97. The Balaban J connectivity index is 1.52. The number of fused-ring (bicyclic) bond motifs is 3. The number of rotatable bonds is 11. The van der Waals surface area contributed by atoms with Gasteiger partial charge in [-0.3, -0.25) is 4.79 Å². The van der Waals surface area contributed by atoms with Crippen molar-refractivity contribution in [3.8, 4) is 17.0 Å². The highest BCUT2D eigenvalue weighted by Gasteiger charge is 2.25. The number of phenols is 1. The SMILES string of the molecule is COC(=O)c1cc(-c2nc(C(=O)N[C@@H](CCCCN)C(=O)OCc3ccccc3)cc3c2[nH]c2ccccc23)ccc1O. The summed E-state index contributed by atoms with van der Waals surface area (Å²) >= 11 is 0. The van der Waals surface area contributed by atoms with E-state index < -0.39 is 23.9 Å². The van der Waals surface area contributed by atoms with E-state index in [2.05, 4.69) is 15.3 Å². The van der Waals surface area contributed by atoms with Crippen molar-refractivity contribution in [3.63, 3.8) is 0 Å². The molecule has 5 rings (SSSR count). The van der Waals surface area contributed by atoms with E-state index in [9.17, 15) is 19.5 Å². The molecular weight excluding hydrogens is 548 g/mol. The summed E-state index contributed by atoms with van der Waals surface area (Å²) < 4.78 is 10.4. The minimum atomic E-state index is -0.911. The number of ether oxygens (including phenoxy) is 2. The van der Waals surface area contributed by atoms with Gasteiger partial charge in [-0.1, -0.05) is 48.5 Å². The van der Waals surface area contributed by atoms with Crippen molar-refractivity contribution in [1.29, 1.82) is 0 Å². The lowest BCUT2D eigenvalue weighted by Crippen LogP contribution is -2.42. The second-order valence-corrected chi connectivity index (χ2v) is 10.1. The average Bonchev–Trinajstić information content (AvgIpc) is 3.42. The maximum absolute atomic E-state index is 13.7. The quantitative estimate of drug-likeness (QED) is 0.128. The summed E-state index contributed by atoms with van der Waals surface area (Å²) in [4.78, 5) is 47.1. The van der Waals surface area contributed by atoms with Crippen LogP contribution in [-0.2, 0) is 20.9 Å². The van der Waals surface area contributed by atoms with Gasteiger partial charge in [0.1, 0.15) is 29.7 Å². The van der Waals surface area contributed by atoms with Crippen molar-refractivity contribution < 1.29 is 29.0 Å². The number of nitrogens with zero attached hydrogens (tertiary/aromatic N) is 1. The van der Waals surface area contributed by atoms with Gasteiger partial charge in [0.05, 0.1) is 18.3 Å². The molecule has 1 amide bonds. The van der Waals surface area contributed by atoms with Crippen LogP contribution in [0.1, 0.15) is 45.7 Å². The number of unbranched alkanes of at least 4 members (excludes halogenated alkanes) is 1. The number of hydrogen-bond donors (Lipinski definition) is 4. The highest BCUT2D eigenvalue weighted by Crippen LogP contribution is 2.34. The number of benzene rings is 3. The van der Waals surface area contributed by atoms with E-state index in [4.69, 9.17) is 15.2 Å². The summed E-state index contributed by atoms with van der Waals surface area (Å²) in [6.45, 7) is 0.540. The van der Waals surface area contributed by atoms with Gasteiger partial charge >= 0.3 is 11.9 Å². The largest absolute Gasteiger partial charge is 0.507 e. The lowest BCUT2D eigenvalue weighted by atomic mass is 10.0. The van der Waals surface area contributed by atoms with Crippen molar-refractivity contribution >= 4 is 39.7 Å². The number of hydrogen-bond acceptors (Lipinski definition) is 8.